The molecule has 0 radical (unpaired) electrons. The summed E-state index contributed by atoms with van der Waals surface area (Å²) in [7, 11) is 0. The molecule has 0 aromatic heterocycles. The molecular formula is C13H19NO. The van der Waals surface area contributed by atoms with Gasteiger partial charge in [0.05, 0.1) is 0 Å². The quantitative estimate of drug-likeness (QED) is 0.765. The van der Waals surface area contributed by atoms with Crippen molar-refractivity contribution in [2.75, 3.05) is 0 Å². The maximum Gasteiger partial charge on any atom is 0.124 e. The Kier molecular flexibility index (Phi) is 2.47. The lowest BCUT2D eigenvalue weighted by molar-refractivity contribution is 0.0108. The predicted molar refractivity (Wildman–Crippen MR) is 61.9 cm³/mol. The normalized spacial score (nSPS) is 29.8. The van der Waals surface area contributed by atoms with E-state index in [0.29, 0.717) is 5.92 Å². The minimum atomic E-state index is -0.131. The molecule has 82 valence electrons. The van der Waals surface area contributed by atoms with Gasteiger partial charge in [-0.1, -0.05) is 32.0 Å². The van der Waals surface area contributed by atoms with Crippen LogP contribution in [0.4, 0.5) is 0 Å². The molecule has 1 aliphatic rings. The lowest BCUT2D eigenvalue weighted by atomic mass is 9.81. The number of rotatable bonds is 1. The van der Waals surface area contributed by atoms with E-state index in [1.807, 2.05) is 18.2 Å². The van der Waals surface area contributed by atoms with E-state index in [1.54, 1.807) is 0 Å². The molecule has 1 heterocycles. The summed E-state index contributed by atoms with van der Waals surface area (Å²) in [6, 6.07) is 8.18. The van der Waals surface area contributed by atoms with Gasteiger partial charge in [-0.05, 0) is 18.9 Å². The Bertz CT molecular complexity index is 361. The van der Waals surface area contributed by atoms with E-state index >= 15 is 0 Å². The highest BCUT2D eigenvalue weighted by atomic mass is 16.5. The van der Waals surface area contributed by atoms with Gasteiger partial charge in [0.2, 0.25) is 0 Å². The van der Waals surface area contributed by atoms with Gasteiger partial charge in [0.1, 0.15) is 11.4 Å². The van der Waals surface area contributed by atoms with Crippen LogP contribution in [0, 0.1) is 5.92 Å². The molecule has 0 saturated carbocycles. The first kappa shape index (κ1) is 10.5. The van der Waals surface area contributed by atoms with Crippen molar-refractivity contribution >= 4 is 0 Å². The van der Waals surface area contributed by atoms with Crippen LogP contribution in [-0.2, 0) is 0 Å². The fraction of sp³-hybridized carbons (Fsp3) is 0.538. The second kappa shape index (κ2) is 3.53. The third-order valence-electron chi connectivity index (χ3n) is 3.51. The number of benzene rings is 1. The van der Waals surface area contributed by atoms with E-state index in [2.05, 4.69) is 26.8 Å². The summed E-state index contributed by atoms with van der Waals surface area (Å²) in [5.74, 6) is 1.42. The van der Waals surface area contributed by atoms with Crippen LogP contribution < -0.4 is 10.5 Å². The smallest absolute Gasteiger partial charge is 0.124 e. The van der Waals surface area contributed by atoms with Gasteiger partial charge in [-0.25, -0.2) is 0 Å². The van der Waals surface area contributed by atoms with Crippen LogP contribution in [0.3, 0.4) is 0 Å². The van der Waals surface area contributed by atoms with Gasteiger partial charge in [-0.3, -0.25) is 0 Å². The van der Waals surface area contributed by atoms with E-state index in [-0.39, 0.29) is 11.6 Å². The Labute approximate surface area is 91.4 Å². The summed E-state index contributed by atoms with van der Waals surface area (Å²) in [6.07, 6.45) is 0.891. The maximum absolute atomic E-state index is 6.18. The van der Waals surface area contributed by atoms with Crippen molar-refractivity contribution in [2.24, 2.45) is 11.7 Å². The molecule has 2 rings (SSSR count). The monoisotopic (exact) mass is 205 g/mol. The summed E-state index contributed by atoms with van der Waals surface area (Å²) in [5.41, 5.74) is 7.18. The van der Waals surface area contributed by atoms with Crippen molar-refractivity contribution in [2.45, 2.75) is 38.8 Å². The summed E-state index contributed by atoms with van der Waals surface area (Å²) in [6.45, 7) is 6.51. The number of nitrogens with two attached hydrogens (primary N) is 1. The zero-order valence-corrected chi connectivity index (χ0v) is 9.66. The van der Waals surface area contributed by atoms with Crippen molar-refractivity contribution in [3.05, 3.63) is 29.8 Å². The molecule has 2 atom stereocenters. The number of hydrogen-bond acceptors (Lipinski definition) is 2. The van der Waals surface area contributed by atoms with E-state index < -0.39 is 0 Å². The van der Waals surface area contributed by atoms with Gasteiger partial charge in [-0.15, -0.1) is 0 Å². The molecule has 0 bridgehead atoms. The molecule has 2 nitrogen and oxygen atoms in total. The topological polar surface area (TPSA) is 35.2 Å². The minimum Gasteiger partial charge on any atom is -0.487 e. The SMILES string of the molecule is CC(C)[C@@]1(C)C[C@H](N)c2ccccc2O1. The number of ether oxygens (including phenoxy) is 1. The van der Waals surface area contributed by atoms with Gasteiger partial charge in [0.25, 0.3) is 0 Å². The highest BCUT2D eigenvalue weighted by molar-refractivity contribution is 5.38. The van der Waals surface area contributed by atoms with Gasteiger partial charge in [-0.2, -0.15) is 0 Å². The van der Waals surface area contributed by atoms with Gasteiger partial charge in [0, 0.05) is 18.0 Å². The maximum atomic E-state index is 6.18. The summed E-state index contributed by atoms with van der Waals surface area (Å²) >= 11 is 0. The summed E-state index contributed by atoms with van der Waals surface area (Å²) in [5, 5.41) is 0. The van der Waals surface area contributed by atoms with Crippen molar-refractivity contribution in [3.8, 4) is 5.75 Å². The highest BCUT2D eigenvalue weighted by Gasteiger charge is 2.38. The molecule has 2 N–H and O–H groups in total. The van der Waals surface area contributed by atoms with Crippen LogP contribution in [0.25, 0.3) is 0 Å². The molecular weight excluding hydrogens is 186 g/mol. The Morgan fingerprint density at radius 3 is 2.73 bits per heavy atom. The fourth-order valence-corrected chi connectivity index (χ4v) is 2.07. The lowest BCUT2D eigenvalue weighted by Crippen LogP contribution is -2.44. The molecule has 2 heteroatoms. The molecule has 0 fully saturated rings. The van der Waals surface area contributed by atoms with Gasteiger partial charge >= 0.3 is 0 Å². The van der Waals surface area contributed by atoms with Crippen LogP contribution in [0.15, 0.2) is 24.3 Å². The molecule has 0 unspecified atom stereocenters. The number of hydrogen-bond donors (Lipinski definition) is 1. The largest absolute Gasteiger partial charge is 0.487 e. The highest BCUT2D eigenvalue weighted by Crippen LogP contribution is 2.41. The molecule has 0 aliphatic carbocycles. The van der Waals surface area contributed by atoms with Crippen molar-refractivity contribution in [1.82, 2.24) is 0 Å². The van der Waals surface area contributed by atoms with E-state index in [4.69, 9.17) is 10.5 Å². The first-order valence-electron chi connectivity index (χ1n) is 5.56. The Morgan fingerprint density at radius 1 is 1.40 bits per heavy atom. The second-order valence-electron chi connectivity index (χ2n) is 4.92. The molecule has 15 heavy (non-hydrogen) atoms. The first-order chi connectivity index (χ1) is 7.03. The van der Waals surface area contributed by atoms with Crippen LogP contribution in [0.1, 0.15) is 38.8 Å². The lowest BCUT2D eigenvalue weighted by Gasteiger charge is -2.41. The summed E-state index contributed by atoms with van der Waals surface area (Å²) < 4.78 is 6.07. The number of fused-ring (bicyclic) bond motifs is 1. The van der Waals surface area contributed by atoms with Crippen LogP contribution in [0.2, 0.25) is 0 Å². The van der Waals surface area contributed by atoms with Crippen LogP contribution in [0.5, 0.6) is 5.75 Å². The van der Waals surface area contributed by atoms with E-state index in [0.717, 1.165) is 17.7 Å². The molecule has 1 aliphatic heterocycles. The van der Waals surface area contributed by atoms with Crippen molar-refractivity contribution < 1.29 is 4.74 Å². The first-order valence-corrected chi connectivity index (χ1v) is 5.56. The molecule has 0 saturated heterocycles. The minimum absolute atomic E-state index is 0.0994. The molecule has 0 amide bonds. The van der Waals surface area contributed by atoms with Crippen LogP contribution >= 0.6 is 0 Å². The zero-order valence-electron chi connectivity index (χ0n) is 9.66. The predicted octanol–water partition coefficient (Wildman–Crippen LogP) is 2.88. The second-order valence-corrected chi connectivity index (χ2v) is 4.92. The van der Waals surface area contributed by atoms with Crippen LogP contribution in [-0.4, -0.2) is 5.60 Å². The Balaban J connectivity index is 2.38. The Hall–Kier alpha value is -1.02. The molecule has 1 aromatic rings. The fourth-order valence-electron chi connectivity index (χ4n) is 2.07. The molecule has 1 aromatic carbocycles. The Morgan fingerprint density at radius 2 is 2.07 bits per heavy atom. The van der Waals surface area contributed by atoms with Crippen molar-refractivity contribution in [3.63, 3.8) is 0 Å². The zero-order chi connectivity index (χ0) is 11.1. The summed E-state index contributed by atoms with van der Waals surface area (Å²) in [4.78, 5) is 0. The van der Waals surface area contributed by atoms with E-state index in [9.17, 15) is 0 Å². The number of para-hydroxylation sites is 1. The average Bonchev–Trinajstić information content (AvgIpc) is 2.17. The third kappa shape index (κ3) is 1.74. The van der Waals surface area contributed by atoms with E-state index in [1.165, 1.54) is 0 Å². The van der Waals surface area contributed by atoms with Crippen molar-refractivity contribution in [1.29, 1.82) is 0 Å². The standard InChI is InChI=1S/C13H19NO/c1-9(2)13(3)8-11(14)10-6-4-5-7-12(10)15-13/h4-7,9,11H,8,14H2,1-3H3/t11-,13+/m0/s1. The third-order valence-corrected chi connectivity index (χ3v) is 3.51. The van der Waals surface area contributed by atoms with Gasteiger partial charge in [0.15, 0.2) is 0 Å². The molecule has 0 spiro atoms. The average molecular weight is 205 g/mol. The van der Waals surface area contributed by atoms with Gasteiger partial charge < -0.3 is 10.5 Å².